The summed E-state index contributed by atoms with van der Waals surface area (Å²) in [6, 6.07) is 0. The van der Waals surface area contributed by atoms with Gasteiger partial charge in [0.1, 0.15) is 11.4 Å². The molecular weight excluding hydrogens is 426 g/mol. The molecule has 0 radical (unpaired) electrons. The van der Waals surface area contributed by atoms with Crippen molar-refractivity contribution in [2.75, 3.05) is 24.2 Å². The molecule has 166 valence electrons. The predicted octanol–water partition coefficient (Wildman–Crippen LogP) is 2.76. The first kappa shape index (κ1) is 24.2. The number of hydrogen-bond donors (Lipinski definition) is 2. The molecule has 0 saturated carbocycles. The molecule has 2 heterocycles. The van der Waals surface area contributed by atoms with Crippen LogP contribution in [0.25, 0.3) is 0 Å². The van der Waals surface area contributed by atoms with Crippen molar-refractivity contribution in [3.8, 4) is 0 Å². The molecule has 0 aromatic carbocycles. The van der Waals surface area contributed by atoms with Gasteiger partial charge >= 0.3 is 5.97 Å². The molecule has 2 N–H and O–H groups in total. The van der Waals surface area contributed by atoms with Crippen LogP contribution in [0, 0.1) is 12.8 Å². The highest BCUT2D eigenvalue weighted by atomic mass is 32.2. The quantitative estimate of drug-likeness (QED) is 0.438. The Morgan fingerprint density at radius 3 is 2.63 bits per heavy atom. The number of nitrogens with one attached hydrogen (secondary N) is 2. The van der Waals surface area contributed by atoms with Gasteiger partial charge < -0.3 is 20.3 Å². The lowest BCUT2D eigenvalue weighted by molar-refractivity contribution is -0.142. The number of aryl methyl sites for hydroxylation is 1. The largest absolute Gasteiger partial charge is 0.462 e. The molecule has 10 heteroatoms. The number of ether oxygens (including phenoxy) is 1. The van der Waals surface area contributed by atoms with Crippen LogP contribution in [0.3, 0.4) is 0 Å². The van der Waals surface area contributed by atoms with Crippen molar-refractivity contribution in [3.63, 3.8) is 0 Å². The molecular formula is C20H29N3O5S2. The topological polar surface area (TPSA) is 105 Å². The smallest absolute Gasteiger partial charge is 0.341 e. The van der Waals surface area contributed by atoms with E-state index in [0.29, 0.717) is 23.5 Å². The summed E-state index contributed by atoms with van der Waals surface area (Å²) in [5, 5.41) is 6.04. The summed E-state index contributed by atoms with van der Waals surface area (Å²) in [4.78, 5) is 51.6. The molecule has 0 aliphatic carbocycles. The van der Waals surface area contributed by atoms with E-state index in [2.05, 4.69) is 10.6 Å². The van der Waals surface area contributed by atoms with Gasteiger partial charge in [-0.25, -0.2) is 4.79 Å². The highest BCUT2D eigenvalue weighted by Crippen LogP contribution is 2.34. The van der Waals surface area contributed by atoms with Crippen molar-refractivity contribution in [3.05, 3.63) is 16.0 Å². The summed E-state index contributed by atoms with van der Waals surface area (Å²) in [5.41, 5.74) is 0.685. The minimum Gasteiger partial charge on any atom is -0.462 e. The normalized spacial score (nSPS) is 16.6. The third kappa shape index (κ3) is 5.98. The zero-order valence-corrected chi connectivity index (χ0v) is 19.6. The Morgan fingerprint density at radius 1 is 1.33 bits per heavy atom. The second-order valence-electron chi connectivity index (χ2n) is 7.31. The third-order valence-corrected chi connectivity index (χ3v) is 6.61. The van der Waals surface area contributed by atoms with Gasteiger partial charge in [0.15, 0.2) is 5.50 Å². The van der Waals surface area contributed by atoms with E-state index in [1.165, 1.54) is 23.1 Å². The van der Waals surface area contributed by atoms with Crippen LogP contribution in [0.5, 0.6) is 0 Å². The van der Waals surface area contributed by atoms with E-state index < -0.39 is 11.5 Å². The molecule has 8 nitrogen and oxygen atoms in total. The summed E-state index contributed by atoms with van der Waals surface area (Å²) < 4.78 is 5.16. The van der Waals surface area contributed by atoms with Gasteiger partial charge in [-0.3, -0.25) is 14.4 Å². The van der Waals surface area contributed by atoms with E-state index in [1.807, 2.05) is 27.7 Å². The maximum Gasteiger partial charge on any atom is 0.341 e. The minimum absolute atomic E-state index is 0.0213. The number of hydrogen-bond acceptors (Lipinski definition) is 7. The van der Waals surface area contributed by atoms with Gasteiger partial charge in [0.2, 0.25) is 17.7 Å². The third-order valence-electron chi connectivity index (χ3n) is 4.43. The summed E-state index contributed by atoms with van der Waals surface area (Å²) in [7, 11) is 0. The number of amides is 3. The Balaban J connectivity index is 2.09. The highest BCUT2D eigenvalue weighted by molar-refractivity contribution is 8.00. The fraction of sp³-hybridized carbons (Fsp3) is 0.600. The summed E-state index contributed by atoms with van der Waals surface area (Å²) in [5.74, 6) is -1.09. The lowest BCUT2D eigenvalue weighted by Crippen LogP contribution is -2.56. The van der Waals surface area contributed by atoms with Crippen LogP contribution in [0.2, 0.25) is 0 Å². The molecule has 0 unspecified atom stereocenters. The van der Waals surface area contributed by atoms with E-state index >= 15 is 0 Å². The summed E-state index contributed by atoms with van der Waals surface area (Å²) >= 11 is 2.52. The van der Waals surface area contributed by atoms with E-state index in [4.69, 9.17) is 4.74 Å². The van der Waals surface area contributed by atoms with Crippen molar-refractivity contribution in [2.24, 2.45) is 5.92 Å². The molecule has 1 aromatic rings. The zero-order valence-electron chi connectivity index (χ0n) is 18.0. The molecule has 30 heavy (non-hydrogen) atoms. The number of anilines is 1. The van der Waals surface area contributed by atoms with Crippen LogP contribution in [0.15, 0.2) is 0 Å². The number of thiophene rings is 1. The Bertz CT molecular complexity index is 822. The molecule has 1 aliphatic heterocycles. The number of thioether (sulfide) groups is 1. The van der Waals surface area contributed by atoms with Crippen LogP contribution in [-0.4, -0.2) is 53.0 Å². The fourth-order valence-electron chi connectivity index (χ4n) is 3.19. The molecule has 1 saturated heterocycles. The van der Waals surface area contributed by atoms with E-state index in [-0.39, 0.29) is 42.4 Å². The van der Waals surface area contributed by atoms with Gasteiger partial charge in [-0.2, -0.15) is 0 Å². The van der Waals surface area contributed by atoms with Crippen molar-refractivity contribution >= 4 is 51.8 Å². The number of carbonyl (C=O) groups is 4. The Hall–Kier alpha value is -2.07. The second-order valence-corrected chi connectivity index (χ2v) is 9.60. The second kappa shape index (κ2) is 10.8. The molecule has 1 atom stereocenters. The van der Waals surface area contributed by atoms with Crippen LogP contribution >= 0.6 is 23.1 Å². The standard InChI is InChI=1S/C20H29N3O5S2/c1-6-13-12(5)30-18(17(13)19(27)28-7-2)21-15(25)10-29-20-22-14(24)8-16(26)23(20)9-11(3)4/h11,20H,6-10H2,1-5H3,(H,21,25)(H,22,24)/t20-/m0/s1. The van der Waals surface area contributed by atoms with Crippen molar-refractivity contribution in [2.45, 2.75) is 53.0 Å². The van der Waals surface area contributed by atoms with Crippen molar-refractivity contribution in [1.82, 2.24) is 10.2 Å². The number of carbonyl (C=O) groups excluding carboxylic acids is 4. The molecule has 0 spiro atoms. The van der Waals surface area contributed by atoms with Crippen molar-refractivity contribution in [1.29, 1.82) is 0 Å². The van der Waals surface area contributed by atoms with Crippen LogP contribution in [-0.2, 0) is 25.5 Å². The lowest BCUT2D eigenvalue weighted by atomic mass is 10.1. The van der Waals surface area contributed by atoms with Crippen molar-refractivity contribution < 1.29 is 23.9 Å². The Morgan fingerprint density at radius 2 is 2.03 bits per heavy atom. The van der Waals surface area contributed by atoms with Crippen LogP contribution < -0.4 is 10.6 Å². The van der Waals surface area contributed by atoms with Gasteiger partial charge in [-0.1, -0.05) is 20.8 Å². The molecule has 1 aromatic heterocycles. The number of rotatable bonds is 9. The first-order chi connectivity index (χ1) is 14.2. The maximum absolute atomic E-state index is 12.6. The minimum atomic E-state index is -0.590. The average Bonchev–Trinajstić information content (AvgIpc) is 2.97. The summed E-state index contributed by atoms with van der Waals surface area (Å²) in [6.45, 7) is 10.3. The Kier molecular flexibility index (Phi) is 8.72. The molecule has 3 amide bonds. The van der Waals surface area contributed by atoms with Gasteiger partial charge in [0, 0.05) is 11.4 Å². The first-order valence-corrected chi connectivity index (χ1v) is 11.8. The average molecular weight is 456 g/mol. The van der Waals surface area contributed by atoms with Gasteiger partial charge in [-0.15, -0.1) is 23.1 Å². The van der Waals surface area contributed by atoms with E-state index in [1.54, 1.807) is 11.8 Å². The van der Waals surface area contributed by atoms with Crippen LogP contribution in [0.4, 0.5) is 5.00 Å². The number of esters is 1. The van der Waals surface area contributed by atoms with Crippen LogP contribution in [0.1, 0.15) is 54.9 Å². The molecule has 2 rings (SSSR count). The first-order valence-electron chi connectivity index (χ1n) is 9.97. The summed E-state index contributed by atoms with van der Waals surface area (Å²) in [6.07, 6.45) is 0.481. The Labute approximate surface area is 185 Å². The van der Waals surface area contributed by atoms with Gasteiger partial charge in [0.05, 0.1) is 17.9 Å². The monoisotopic (exact) mass is 455 g/mol. The SMILES string of the molecule is CCOC(=O)c1c(NC(=O)CS[C@H]2NC(=O)CC(=O)N2CC(C)C)sc(C)c1CC. The molecule has 0 bridgehead atoms. The van der Waals surface area contributed by atoms with Gasteiger partial charge in [-0.05, 0) is 31.7 Å². The van der Waals surface area contributed by atoms with E-state index in [9.17, 15) is 19.2 Å². The maximum atomic E-state index is 12.6. The zero-order chi connectivity index (χ0) is 22.4. The molecule has 1 aliphatic rings. The highest BCUT2D eigenvalue weighted by Gasteiger charge is 2.33. The van der Waals surface area contributed by atoms with Gasteiger partial charge in [0.25, 0.3) is 0 Å². The fourth-order valence-corrected chi connectivity index (χ4v) is 5.32. The number of nitrogens with zero attached hydrogens (tertiary/aromatic N) is 1. The lowest BCUT2D eigenvalue weighted by Gasteiger charge is -2.36. The molecule has 1 fully saturated rings. The van der Waals surface area contributed by atoms with E-state index in [0.717, 1.165) is 10.4 Å². The predicted molar refractivity (Wildman–Crippen MR) is 119 cm³/mol.